The standard InChI is InChI=1S/C16H16N4O2/c1-22-7-6-19-9-10-8-13(21)20-12-5-3-2-4-11(12)18-16(20)14(10)15(19)17/h2-5,8,17-18H,6-7,9H2,1H3. The van der Waals surface area contributed by atoms with Crippen molar-refractivity contribution in [3.05, 3.63) is 51.8 Å². The maximum Gasteiger partial charge on any atom is 0.257 e. The summed E-state index contributed by atoms with van der Waals surface area (Å²) in [4.78, 5) is 17.7. The Morgan fingerprint density at radius 3 is 3.00 bits per heavy atom. The van der Waals surface area contributed by atoms with Crippen molar-refractivity contribution in [3.8, 4) is 0 Å². The van der Waals surface area contributed by atoms with E-state index < -0.39 is 0 Å². The van der Waals surface area contributed by atoms with E-state index in [2.05, 4.69) is 4.98 Å². The van der Waals surface area contributed by atoms with E-state index in [0.29, 0.717) is 31.2 Å². The molecule has 0 saturated carbocycles. The second kappa shape index (κ2) is 4.71. The Morgan fingerprint density at radius 1 is 1.36 bits per heavy atom. The number of para-hydroxylation sites is 2. The molecule has 0 unspecified atom stereocenters. The number of rotatable bonds is 3. The molecule has 6 heteroatoms. The molecule has 4 rings (SSSR count). The second-order valence-electron chi connectivity index (χ2n) is 5.47. The molecule has 3 heterocycles. The van der Waals surface area contributed by atoms with Crippen LogP contribution in [-0.4, -0.2) is 40.4 Å². The van der Waals surface area contributed by atoms with Gasteiger partial charge in [0.2, 0.25) is 0 Å². The van der Waals surface area contributed by atoms with Gasteiger partial charge in [0, 0.05) is 26.3 Å². The van der Waals surface area contributed by atoms with E-state index in [9.17, 15) is 4.79 Å². The number of amidine groups is 1. The molecule has 2 aromatic heterocycles. The van der Waals surface area contributed by atoms with E-state index in [0.717, 1.165) is 22.2 Å². The van der Waals surface area contributed by atoms with Gasteiger partial charge in [-0.3, -0.25) is 14.6 Å². The molecule has 1 aliphatic rings. The minimum atomic E-state index is -0.0624. The van der Waals surface area contributed by atoms with Crippen molar-refractivity contribution >= 4 is 22.5 Å². The van der Waals surface area contributed by atoms with Crippen LogP contribution in [0.3, 0.4) is 0 Å². The predicted molar refractivity (Wildman–Crippen MR) is 84.6 cm³/mol. The first-order valence-corrected chi connectivity index (χ1v) is 7.19. The van der Waals surface area contributed by atoms with Gasteiger partial charge in [-0.1, -0.05) is 12.1 Å². The number of fused-ring (bicyclic) bond motifs is 5. The topological polar surface area (TPSA) is 73.6 Å². The molecule has 0 bridgehead atoms. The van der Waals surface area contributed by atoms with Crippen LogP contribution in [0.15, 0.2) is 35.1 Å². The van der Waals surface area contributed by atoms with Crippen LogP contribution in [0.5, 0.6) is 0 Å². The monoisotopic (exact) mass is 296 g/mol. The van der Waals surface area contributed by atoms with Crippen LogP contribution in [0.25, 0.3) is 16.7 Å². The summed E-state index contributed by atoms with van der Waals surface area (Å²) in [6, 6.07) is 9.33. The Bertz CT molecular complexity index is 954. The normalized spacial score (nSPS) is 14.2. The largest absolute Gasteiger partial charge is 0.383 e. The predicted octanol–water partition coefficient (Wildman–Crippen LogP) is 1.57. The molecule has 2 N–H and O–H groups in total. The van der Waals surface area contributed by atoms with Crippen molar-refractivity contribution < 1.29 is 4.74 Å². The van der Waals surface area contributed by atoms with Gasteiger partial charge in [-0.05, 0) is 17.7 Å². The zero-order chi connectivity index (χ0) is 15.3. The number of benzene rings is 1. The third-order valence-electron chi connectivity index (χ3n) is 4.18. The average molecular weight is 296 g/mol. The summed E-state index contributed by atoms with van der Waals surface area (Å²) in [5, 5.41) is 8.43. The molecule has 6 nitrogen and oxygen atoms in total. The van der Waals surface area contributed by atoms with Crippen LogP contribution in [0.4, 0.5) is 0 Å². The van der Waals surface area contributed by atoms with E-state index in [1.165, 1.54) is 0 Å². The van der Waals surface area contributed by atoms with Crippen LogP contribution < -0.4 is 5.56 Å². The molecular formula is C16H16N4O2. The van der Waals surface area contributed by atoms with Crippen molar-refractivity contribution in [2.75, 3.05) is 20.3 Å². The lowest BCUT2D eigenvalue weighted by Gasteiger charge is -2.16. The van der Waals surface area contributed by atoms with E-state index in [-0.39, 0.29) is 5.56 Å². The first-order chi connectivity index (χ1) is 10.7. The van der Waals surface area contributed by atoms with Crippen molar-refractivity contribution in [3.63, 3.8) is 0 Å². The highest BCUT2D eigenvalue weighted by Gasteiger charge is 2.28. The Labute approximate surface area is 126 Å². The lowest BCUT2D eigenvalue weighted by molar-refractivity contribution is 0.176. The van der Waals surface area contributed by atoms with Gasteiger partial charge in [0.05, 0.1) is 23.2 Å². The van der Waals surface area contributed by atoms with Crippen molar-refractivity contribution in [1.29, 1.82) is 5.41 Å². The minimum absolute atomic E-state index is 0.0624. The van der Waals surface area contributed by atoms with Crippen LogP contribution >= 0.6 is 0 Å². The second-order valence-corrected chi connectivity index (χ2v) is 5.47. The number of hydrogen-bond donors (Lipinski definition) is 2. The zero-order valence-electron chi connectivity index (χ0n) is 12.2. The Kier molecular flexibility index (Phi) is 2.80. The fraction of sp³-hybridized carbons (Fsp3) is 0.250. The van der Waals surface area contributed by atoms with Crippen LogP contribution in [0.2, 0.25) is 0 Å². The number of nitrogens with zero attached hydrogens (tertiary/aromatic N) is 2. The summed E-state index contributed by atoms with van der Waals surface area (Å²) in [6.07, 6.45) is 0. The van der Waals surface area contributed by atoms with Crippen molar-refractivity contribution in [2.24, 2.45) is 0 Å². The summed E-state index contributed by atoms with van der Waals surface area (Å²) in [6.45, 7) is 1.78. The summed E-state index contributed by atoms with van der Waals surface area (Å²) in [7, 11) is 1.65. The smallest absolute Gasteiger partial charge is 0.257 e. The summed E-state index contributed by atoms with van der Waals surface area (Å²) in [5.41, 5.74) is 4.09. The van der Waals surface area contributed by atoms with Gasteiger partial charge in [0.1, 0.15) is 11.5 Å². The van der Waals surface area contributed by atoms with Gasteiger partial charge >= 0.3 is 0 Å². The fourth-order valence-corrected chi connectivity index (χ4v) is 3.14. The minimum Gasteiger partial charge on any atom is -0.383 e. The number of nitrogens with one attached hydrogen (secondary N) is 2. The zero-order valence-corrected chi connectivity index (χ0v) is 12.2. The van der Waals surface area contributed by atoms with E-state index in [1.54, 1.807) is 17.6 Å². The van der Waals surface area contributed by atoms with Gasteiger partial charge in [0.25, 0.3) is 5.56 Å². The molecule has 0 atom stereocenters. The average Bonchev–Trinajstić information content (AvgIpc) is 3.03. The highest BCUT2D eigenvalue weighted by Crippen LogP contribution is 2.27. The number of methoxy groups -OCH3 is 1. The molecule has 22 heavy (non-hydrogen) atoms. The van der Waals surface area contributed by atoms with Gasteiger partial charge in [-0.15, -0.1) is 0 Å². The maximum atomic E-state index is 12.5. The third kappa shape index (κ3) is 1.70. The number of pyridine rings is 1. The number of imidazole rings is 1. The number of aromatic nitrogens is 2. The molecule has 0 radical (unpaired) electrons. The SMILES string of the molecule is COCCN1Cc2cc(=O)n3c([nH]c4ccccc43)c2C1=N. The van der Waals surface area contributed by atoms with E-state index >= 15 is 0 Å². The van der Waals surface area contributed by atoms with E-state index in [4.69, 9.17) is 10.1 Å². The Balaban J connectivity index is 1.97. The number of aromatic amines is 1. The molecular weight excluding hydrogens is 280 g/mol. The quantitative estimate of drug-likeness (QED) is 0.770. The van der Waals surface area contributed by atoms with Gasteiger partial charge in [-0.25, -0.2) is 0 Å². The third-order valence-corrected chi connectivity index (χ3v) is 4.18. The van der Waals surface area contributed by atoms with E-state index in [1.807, 2.05) is 29.2 Å². The summed E-state index contributed by atoms with van der Waals surface area (Å²) in [5.74, 6) is 0.441. The Hall–Kier alpha value is -2.60. The molecule has 0 amide bonds. The van der Waals surface area contributed by atoms with Crippen LogP contribution in [0, 0.1) is 5.41 Å². The molecule has 1 aliphatic heterocycles. The first kappa shape index (κ1) is 13.1. The van der Waals surface area contributed by atoms with Crippen LogP contribution in [-0.2, 0) is 11.3 Å². The number of hydrogen-bond acceptors (Lipinski definition) is 3. The highest BCUT2D eigenvalue weighted by atomic mass is 16.5. The molecule has 3 aromatic rings. The number of ether oxygens (including phenoxy) is 1. The lowest BCUT2D eigenvalue weighted by Crippen LogP contribution is -2.27. The highest BCUT2D eigenvalue weighted by molar-refractivity contribution is 6.06. The molecule has 0 fully saturated rings. The molecule has 1 aromatic carbocycles. The van der Waals surface area contributed by atoms with Crippen LogP contribution in [0.1, 0.15) is 11.1 Å². The van der Waals surface area contributed by atoms with Gasteiger partial charge in [0.15, 0.2) is 0 Å². The molecule has 0 aliphatic carbocycles. The Morgan fingerprint density at radius 2 is 2.18 bits per heavy atom. The van der Waals surface area contributed by atoms with Gasteiger partial charge in [-0.2, -0.15) is 0 Å². The number of H-pyrrole nitrogens is 1. The van der Waals surface area contributed by atoms with Crippen molar-refractivity contribution in [1.82, 2.24) is 14.3 Å². The lowest BCUT2D eigenvalue weighted by atomic mass is 10.1. The molecule has 0 saturated heterocycles. The van der Waals surface area contributed by atoms with Crippen molar-refractivity contribution in [2.45, 2.75) is 6.54 Å². The summed E-state index contributed by atoms with van der Waals surface area (Å²) >= 11 is 0. The fourth-order valence-electron chi connectivity index (χ4n) is 3.14. The molecule has 0 spiro atoms. The summed E-state index contributed by atoms with van der Waals surface area (Å²) < 4.78 is 6.75. The molecule has 112 valence electrons. The maximum absolute atomic E-state index is 12.5. The first-order valence-electron chi connectivity index (χ1n) is 7.19. The van der Waals surface area contributed by atoms with Gasteiger partial charge < -0.3 is 14.6 Å².